The van der Waals surface area contributed by atoms with Gasteiger partial charge >= 0.3 is 0 Å². The molecule has 15 heavy (non-hydrogen) atoms. The van der Waals surface area contributed by atoms with Crippen molar-refractivity contribution in [3.05, 3.63) is 40.9 Å². The molecule has 0 radical (unpaired) electrons. The fourth-order valence-electron chi connectivity index (χ4n) is 1.49. The monoisotopic (exact) mass is 268 g/mol. The van der Waals surface area contributed by atoms with E-state index >= 15 is 0 Å². The summed E-state index contributed by atoms with van der Waals surface area (Å²) in [6.07, 6.45) is 1.75. The van der Waals surface area contributed by atoms with Gasteiger partial charge in [-0.1, -0.05) is 0 Å². The molecule has 0 saturated carbocycles. The fraction of sp³-hybridized carbons (Fsp3) is 0.182. The SMILES string of the molecule is CCn1c(Br)cnc1-c1ccc(F)cc1. The Kier molecular flexibility index (Phi) is 2.86. The Morgan fingerprint density at radius 3 is 2.60 bits per heavy atom. The predicted octanol–water partition coefficient (Wildman–Crippen LogP) is 3.47. The van der Waals surface area contributed by atoms with Gasteiger partial charge in [0.25, 0.3) is 0 Å². The van der Waals surface area contributed by atoms with Crippen LogP contribution in [0.1, 0.15) is 6.92 Å². The normalized spacial score (nSPS) is 10.6. The van der Waals surface area contributed by atoms with Crippen molar-refractivity contribution >= 4 is 15.9 Å². The lowest BCUT2D eigenvalue weighted by molar-refractivity contribution is 0.628. The summed E-state index contributed by atoms with van der Waals surface area (Å²) in [7, 11) is 0. The molecule has 1 aromatic carbocycles. The lowest BCUT2D eigenvalue weighted by Crippen LogP contribution is -1.97. The molecular weight excluding hydrogens is 259 g/mol. The molecule has 0 fully saturated rings. The highest BCUT2D eigenvalue weighted by atomic mass is 79.9. The Bertz CT molecular complexity index is 462. The second-order valence-electron chi connectivity index (χ2n) is 3.16. The number of hydrogen-bond acceptors (Lipinski definition) is 1. The van der Waals surface area contributed by atoms with Crippen LogP contribution < -0.4 is 0 Å². The molecule has 0 aliphatic heterocycles. The largest absolute Gasteiger partial charge is 0.319 e. The van der Waals surface area contributed by atoms with Crippen molar-refractivity contribution in [2.75, 3.05) is 0 Å². The van der Waals surface area contributed by atoms with Gasteiger partial charge in [-0.05, 0) is 47.1 Å². The predicted molar refractivity (Wildman–Crippen MR) is 61.0 cm³/mol. The zero-order chi connectivity index (χ0) is 10.8. The zero-order valence-electron chi connectivity index (χ0n) is 8.24. The van der Waals surface area contributed by atoms with Crippen LogP contribution in [0.3, 0.4) is 0 Å². The van der Waals surface area contributed by atoms with E-state index in [4.69, 9.17) is 0 Å². The van der Waals surface area contributed by atoms with Crippen LogP contribution in [0.15, 0.2) is 35.1 Å². The van der Waals surface area contributed by atoms with E-state index in [0.29, 0.717) is 0 Å². The van der Waals surface area contributed by atoms with Crippen molar-refractivity contribution in [3.8, 4) is 11.4 Å². The maximum absolute atomic E-state index is 12.8. The lowest BCUT2D eigenvalue weighted by atomic mass is 10.2. The number of benzene rings is 1. The average molecular weight is 269 g/mol. The van der Waals surface area contributed by atoms with E-state index in [1.807, 2.05) is 11.5 Å². The third-order valence-electron chi connectivity index (χ3n) is 2.23. The van der Waals surface area contributed by atoms with Gasteiger partial charge in [-0.15, -0.1) is 0 Å². The standard InChI is InChI=1S/C11H10BrFN2/c1-2-15-10(12)7-14-11(15)8-3-5-9(13)6-4-8/h3-7H,2H2,1H3. The smallest absolute Gasteiger partial charge is 0.140 e. The number of nitrogens with zero attached hydrogens (tertiary/aromatic N) is 2. The molecule has 0 aliphatic carbocycles. The second kappa shape index (κ2) is 4.14. The first-order chi connectivity index (χ1) is 7.22. The van der Waals surface area contributed by atoms with E-state index < -0.39 is 0 Å². The Hall–Kier alpha value is -1.16. The third-order valence-corrected chi connectivity index (χ3v) is 2.86. The van der Waals surface area contributed by atoms with Gasteiger partial charge in [0.2, 0.25) is 0 Å². The van der Waals surface area contributed by atoms with Gasteiger partial charge in [0.05, 0.1) is 6.20 Å². The first kappa shape index (κ1) is 10.4. The Morgan fingerprint density at radius 2 is 2.00 bits per heavy atom. The topological polar surface area (TPSA) is 17.8 Å². The summed E-state index contributed by atoms with van der Waals surface area (Å²) in [5.41, 5.74) is 0.920. The summed E-state index contributed by atoms with van der Waals surface area (Å²) in [6.45, 7) is 2.87. The molecule has 0 aliphatic rings. The molecule has 0 N–H and O–H groups in total. The Balaban J connectivity index is 2.49. The number of hydrogen-bond donors (Lipinski definition) is 0. The molecule has 0 spiro atoms. The molecule has 78 valence electrons. The van der Waals surface area contributed by atoms with Crippen LogP contribution in [0, 0.1) is 5.82 Å². The molecule has 0 bridgehead atoms. The molecule has 2 aromatic rings. The van der Waals surface area contributed by atoms with Crippen molar-refractivity contribution in [1.29, 1.82) is 0 Å². The summed E-state index contributed by atoms with van der Waals surface area (Å²) in [6, 6.07) is 6.35. The zero-order valence-corrected chi connectivity index (χ0v) is 9.83. The molecule has 0 unspecified atom stereocenters. The fourth-order valence-corrected chi connectivity index (χ4v) is 2.01. The van der Waals surface area contributed by atoms with Gasteiger partial charge in [-0.3, -0.25) is 0 Å². The highest BCUT2D eigenvalue weighted by Crippen LogP contribution is 2.22. The number of aromatic nitrogens is 2. The minimum absolute atomic E-state index is 0.229. The maximum atomic E-state index is 12.8. The van der Waals surface area contributed by atoms with Gasteiger partial charge < -0.3 is 4.57 Å². The summed E-state index contributed by atoms with van der Waals surface area (Å²) in [5.74, 6) is 0.622. The van der Waals surface area contributed by atoms with Crippen LogP contribution in [0.5, 0.6) is 0 Å². The van der Waals surface area contributed by atoms with Crippen molar-refractivity contribution in [2.24, 2.45) is 0 Å². The molecule has 2 rings (SSSR count). The minimum atomic E-state index is -0.229. The quantitative estimate of drug-likeness (QED) is 0.816. The van der Waals surface area contributed by atoms with Crippen LogP contribution in [0.4, 0.5) is 4.39 Å². The Morgan fingerprint density at radius 1 is 1.33 bits per heavy atom. The molecule has 0 saturated heterocycles. The molecular formula is C11H10BrFN2. The van der Waals surface area contributed by atoms with Gasteiger partial charge in [-0.2, -0.15) is 0 Å². The molecule has 4 heteroatoms. The summed E-state index contributed by atoms with van der Waals surface area (Å²) < 4.78 is 15.7. The summed E-state index contributed by atoms with van der Waals surface area (Å²) >= 11 is 3.42. The van der Waals surface area contributed by atoms with Gasteiger partial charge in [0.1, 0.15) is 16.2 Å². The Labute approximate surface area is 95.9 Å². The molecule has 1 aromatic heterocycles. The highest BCUT2D eigenvalue weighted by molar-refractivity contribution is 9.10. The minimum Gasteiger partial charge on any atom is -0.319 e. The maximum Gasteiger partial charge on any atom is 0.140 e. The van der Waals surface area contributed by atoms with Gasteiger partial charge in [-0.25, -0.2) is 9.37 Å². The van der Waals surface area contributed by atoms with Crippen LogP contribution in [-0.2, 0) is 6.54 Å². The lowest BCUT2D eigenvalue weighted by Gasteiger charge is -2.05. The molecule has 0 amide bonds. The van der Waals surface area contributed by atoms with Crippen LogP contribution >= 0.6 is 15.9 Å². The van der Waals surface area contributed by atoms with E-state index in [9.17, 15) is 4.39 Å². The molecule has 0 atom stereocenters. The van der Waals surface area contributed by atoms with Crippen molar-refractivity contribution in [3.63, 3.8) is 0 Å². The van der Waals surface area contributed by atoms with E-state index in [2.05, 4.69) is 20.9 Å². The highest BCUT2D eigenvalue weighted by Gasteiger charge is 2.08. The van der Waals surface area contributed by atoms with Gasteiger partial charge in [0.15, 0.2) is 0 Å². The van der Waals surface area contributed by atoms with E-state index in [0.717, 1.165) is 22.5 Å². The van der Waals surface area contributed by atoms with Gasteiger partial charge in [0, 0.05) is 12.1 Å². The van der Waals surface area contributed by atoms with Crippen molar-refractivity contribution in [1.82, 2.24) is 9.55 Å². The van der Waals surface area contributed by atoms with Crippen LogP contribution in [0.2, 0.25) is 0 Å². The van der Waals surface area contributed by atoms with E-state index in [1.165, 1.54) is 12.1 Å². The summed E-state index contributed by atoms with van der Waals surface area (Å²) in [5, 5.41) is 0. The number of imidazole rings is 1. The van der Waals surface area contributed by atoms with E-state index in [-0.39, 0.29) is 5.82 Å². The average Bonchev–Trinajstić information content (AvgIpc) is 2.61. The first-order valence-electron chi connectivity index (χ1n) is 4.69. The first-order valence-corrected chi connectivity index (χ1v) is 5.48. The third kappa shape index (κ3) is 1.95. The summed E-state index contributed by atoms with van der Waals surface area (Å²) in [4.78, 5) is 4.28. The van der Waals surface area contributed by atoms with Crippen molar-refractivity contribution in [2.45, 2.75) is 13.5 Å². The van der Waals surface area contributed by atoms with Crippen LogP contribution in [-0.4, -0.2) is 9.55 Å². The van der Waals surface area contributed by atoms with Crippen molar-refractivity contribution < 1.29 is 4.39 Å². The van der Waals surface area contributed by atoms with E-state index in [1.54, 1.807) is 18.3 Å². The van der Waals surface area contributed by atoms with Crippen LogP contribution in [0.25, 0.3) is 11.4 Å². The molecule has 2 nitrogen and oxygen atoms in total. The number of halogens is 2. The second-order valence-corrected chi connectivity index (χ2v) is 3.97. The molecule has 1 heterocycles. The number of rotatable bonds is 2.